The van der Waals surface area contributed by atoms with Crippen molar-refractivity contribution in [3.05, 3.63) is 57.5 Å². The summed E-state index contributed by atoms with van der Waals surface area (Å²) in [6.07, 6.45) is 6.42. The number of likely N-dealkylation sites (N-methyl/N-ethyl adjacent to an activating group) is 1. The minimum atomic E-state index is -0.388. The lowest BCUT2D eigenvalue weighted by molar-refractivity contribution is -0.119. The SMILES string of the molecule is CCN(C(=O)Cn1cnc2sc(C(=O)OC3CCCCC3)c(C)c2c1=O)c1ccccc1. The molecule has 0 unspecified atom stereocenters. The van der Waals surface area contributed by atoms with Crippen molar-refractivity contribution < 1.29 is 14.3 Å². The summed E-state index contributed by atoms with van der Waals surface area (Å²) in [7, 11) is 0. The van der Waals surface area contributed by atoms with Gasteiger partial charge in [-0.2, -0.15) is 0 Å². The van der Waals surface area contributed by atoms with Crippen LogP contribution in [0.2, 0.25) is 0 Å². The second-order valence-corrected chi connectivity index (χ2v) is 9.05. The van der Waals surface area contributed by atoms with E-state index in [1.807, 2.05) is 37.3 Å². The summed E-state index contributed by atoms with van der Waals surface area (Å²) in [6.45, 7) is 4.00. The number of amides is 1. The molecule has 32 heavy (non-hydrogen) atoms. The Hall–Kier alpha value is -3.00. The predicted octanol–water partition coefficient (Wildman–Crippen LogP) is 4.31. The molecule has 3 aromatic rings. The Kier molecular flexibility index (Phi) is 6.69. The van der Waals surface area contributed by atoms with Gasteiger partial charge in [0.2, 0.25) is 5.91 Å². The van der Waals surface area contributed by atoms with Crippen molar-refractivity contribution in [1.29, 1.82) is 0 Å². The summed E-state index contributed by atoms with van der Waals surface area (Å²) < 4.78 is 7.00. The fraction of sp³-hybridized carbons (Fsp3) is 0.417. The van der Waals surface area contributed by atoms with Crippen LogP contribution in [0.5, 0.6) is 0 Å². The molecule has 7 nitrogen and oxygen atoms in total. The molecule has 2 aromatic heterocycles. The molecule has 0 aliphatic heterocycles. The van der Waals surface area contributed by atoms with Crippen LogP contribution in [0.1, 0.15) is 54.3 Å². The van der Waals surface area contributed by atoms with Gasteiger partial charge in [0.15, 0.2) is 0 Å². The number of ether oxygens (including phenoxy) is 1. The molecule has 168 valence electrons. The number of rotatable bonds is 6. The topological polar surface area (TPSA) is 81.5 Å². The number of anilines is 1. The van der Waals surface area contributed by atoms with Crippen molar-refractivity contribution in [2.24, 2.45) is 0 Å². The van der Waals surface area contributed by atoms with Crippen molar-refractivity contribution in [3.63, 3.8) is 0 Å². The van der Waals surface area contributed by atoms with Crippen molar-refractivity contribution in [2.75, 3.05) is 11.4 Å². The van der Waals surface area contributed by atoms with Gasteiger partial charge in [0.1, 0.15) is 22.4 Å². The first-order chi connectivity index (χ1) is 15.5. The van der Waals surface area contributed by atoms with Gasteiger partial charge < -0.3 is 9.64 Å². The number of nitrogens with zero attached hydrogens (tertiary/aromatic N) is 3. The number of para-hydroxylation sites is 1. The number of hydrogen-bond acceptors (Lipinski definition) is 6. The normalized spacial score (nSPS) is 14.4. The first kappa shape index (κ1) is 22.2. The number of hydrogen-bond donors (Lipinski definition) is 0. The molecular weight excluding hydrogens is 426 g/mol. The second-order valence-electron chi connectivity index (χ2n) is 8.05. The molecule has 1 aliphatic rings. The Morgan fingerprint density at radius 1 is 1.19 bits per heavy atom. The van der Waals surface area contributed by atoms with Crippen LogP contribution >= 0.6 is 11.3 Å². The molecule has 1 amide bonds. The summed E-state index contributed by atoms with van der Waals surface area (Å²) in [5, 5.41) is 0.378. The Morgan fingerprint density at radius 2 is 1.91 bits per heavy atom. The third kappa shape index (κ3) is 4.46. The molecule has 0 radical (unpaired) electrons. The molecule has 8 heteroatoms. The van der Waals surface area contributed by atoms with Gasteiger partial charge in [0, 0.05) is 12.2 Å². The third-order valence-corrected chi connectivity index (χ3v) is 7.10. The third-order valence-electron chi connectivity index (χ3n) is 5.92. The Morgan fingerprint density at radius 3 is 2.59 bits per heavy atom. The summed E-state index contributed by atoms with van der Waals surface area (Å²) in [6, 6.07) is 9.35. The van der Waals surface area contributed by atoms with Crippen LogP contribution < -0.4 is 10.5 Å². The van der Waals surface area contributed by atoms with E-state index in [0.717, 1.165) is 31.4 Å². The minimum absolute atomic E-state index is 0.0545. The molecule has 4 rings (SSSR count). The van der Waals surface area contributed by atoms with Gasteiger partial charge in [-0.1, -0.05) is 24.6 Å². The van der Waals surface area contributed by atoms with Crippen LogP contribution in [0.3, 0.4) is 0 Å². The van der Waals surface area contributed by atoms with Crippen molar-refractivity contribution in [1.82, 2.24) is 9.55 Å². The van der Waals surface area contributed by atoms with E-state index in [-0.39, 0.29) is 30.1 Å². The lowest BCUT2D eigenvalue weighted by atomic mass is 9.98. The van der Waals surface area contributed by atoms with Gasteiger partial charge in [-0.3, -0.25) is 14.2 Å². The number of fused-ring (bicyclic) bond motifs is 1. The largest absolute Gasteiger partial charge is 0.458 e. The van der Waals surface area contributed by atoms with E-state index < -0.39 is 0 Å². The van der Waals surface area contributed by atoms with Gasteiger partial charge in [-0.05, 0) is 57.2 Å². The molecule has 1 saturated carbocycles. The van der Waals surface area contributed by atoms with Crippen molar-refractivity contribution >= 4 is 39.1 Å². The molecule has 1 aromatic carbocycles. The highest BCUT2D eigenvalue weighted by Gasteiger charge is 2.25. The average molecular weight is 454 g/mol. The maximum atomic E-state index is 13.2. The van der Waals surface area contributed by atoms with E-state index in [1.165, 1.54) is 28.7 Å². The van der Waals surface area contributed by atoms with Gasteiger partial charge in [0.25, 0.3) is 5.56 Å². The zero-order valence-electron chi connectivity index (χ0n) is 18.4. The van der Waals surface area contributed by atoms with Crippen LogP contribution in [0, 0.1) is 6.92 Å². The fourth-order valence-electron chi connectivity index (χ4n) is 4.20. The van der Waals surface area contributed by atoms with E-state index in [4.69, 9.17) is 4.74 Å². The summed E-state index contributed by atoms with van der Waals surface area (Å²) >= 11 is 1.18. The molecule has 1 aliphatic carbocycles. The van der Waals surface area contributed by atoms with E-state index in [9.17, 15) is 14.4 Å². The Bertz CT molecular complexity index is 1180. The van der Waals surface area contributed by atoms with Crippen LogP contribution in [-0.4, -0.2) is 34.1 Å². The molecule has 0 atom stereocenters. The van der Waals surface area contributed by atoms with Gasteiger partial charge in [0.05, 0.1) is 11.7 Å². The number of aryl methyl sites for hydroxylation is 1. The smallest absolute Gasteiger partial charge is 0.348 e. The van der Waals surface area contributed by atoms with Crippen LogP contribution in [0.15, 0.2) is 41.5 Å². The molecular formula is C24H27N3O4S. The number of esters is 1. The van der Waals surface area contributed by atoms with Gasteiger partial charge in [-0.15, -0.1) is 11.3 Å². The number of aromatic nitrogens is 2. The highest BCUT2D eigenvalue weighted by Crippen LogP contribution is 2.29. The zero-order chi connectivity index (χ0) is 22.7. The standard InChI is InChI=1S/C24H27N3O4S/c1-3-27(17-10-6-4-7-11-17)19(28)14-26-15-25-22-20(23(26)29)16(2)21(32-22)24(30)31-18-12-8-5-9-13-18/h4,6-7,10-11,15,18H,3,5,8-9,12-14H2,1-2H3. The lowest BCUT2D eigenvalue weighted by Crippen LogP contribution is -2.36. The van der Waals surface area contributed by atoms with E-state index in [0.29, 0.717) is 27.2 Å². The van der Waals surface area contributed by atoms with Gasteiger partial charge >= 0.3 is 5.97 Å². The molecule has 0 bridgehead atoms. The van der Waals surface area contributed by atoms with Crippen LogP contribution in [0.25, 0.3) is 10.2 Å². The van der Waals surface area contributed by atoms with Crippen LogP contribution in [0.4, 0.5) is 5.69 Å². The summed E-state index contributed by atoms with van der Waals surface area (Å²) in [4.78, 5) is 45.7. The quantitative estimate of drug-likeness (QED) is 0.520. The Labute approximate surface area is 190 Å². The average Bonchev–Trinajstić information content (AvgIpc) is 3.15. The molecule has 1 fully saturated rings. The maximum Gasteiger partial charge on any atom is 0.348 e. The molecule has 0 N–H and O–H groups in total. The fourth-order valence-corrected chi connectivity index (χ4v) is 5.22. The van der Waals surface area contributed by atoms with E-state index in [1.54, 1.807) is 11.8 Å². The van der Waals surface area contributed by atoms with E-state index in [2.05, 4.69) is 4.98 Å². The molecule has 0 spiro atoms. The predicted molar refractivity (Wildman–Crippen MR) is 125 cm³/mol. The zero-order valence-corrected chi connectivity index (χ0v) is 19.2. The number of carbonyl (C=O) groups excluding carboxylic acids is 2. The van der Waals surface area contributed by atoms with Crippen LogP contribution in [-0.2, 0) is 16.1 Å². The maximum absolute atomic E-state index is 13.2. The van der Waals surface area contributed by atoms with E-state index >= 15 is 0 Å². The number of thiophene rings is 1. The van der Waals surface area contributed by atoms with Crippen molar-refractivity contribution in [3.8, 4) is 0 Å². The monoisotopic (exact) mass is 453 g/mol. The lowest BCUT2D eigenvalue weighted by Gasteiger charge is -2.21. The Balaban J connectivity index is 1.58. The van der Waals surface area contributed by atoms with Gasteiger partial charge in [-0.25, -0.2) is 9.78 Å². The molecule has 2 heterocycles. The number of carbonyl (C=O) groups is 2. The minimum Gasteiger partial charge on any atom is -0.458 e. The number of benzene rings is 1. The van der Waals surface area contributed by atoms with Crippen molar-refractivity contribution in [2.45, 2.75) is 58.6 Å². The summed E-state index contributed by atoms with van der Waals surface area (Å²) in [5.41, 5.74) is 1.03. The molecule has 0 saturated heterocycles. The highest BCUT2D eigenvalue weighted by atomic mass is 32.1. The second kappa shape index (κ2) is 9.65. The highest BCUT2D eigenvalue weighted by molar-refractivity contribution is 7.20. The summed E-state index contributed by atoms with van der Waals surface area (Å²) in [5.74, 6) is -0.590. The first-order valence-electron chi connectivity index (χ1n) is 11.0. The first-order valence-corrected chi connectivity index (χ1v) is 11.9.